The molecule has 132 valence electrons. The first-order valence-electron chi connectivity index (χ1n) is 9.19. The lowest BCUT2D eigenvalue weighted by molar-refractivity contribution is 0.253. The lowest BCUT2D eigenvalue weighted by Gasteiger charge is -2.28. The monoisotopic (exact) mass is 336 g/mol. The number of fused-ring (bicyclic) bond motifs is 1. The third kappa shape index (κ3) is 5.07. The molecule has 1 aliphatic rings. The fraction of sp³-hybridized carbons (Fsp3) is 0.381. The average Bonchev–Trinajstić information content (AvgIpc) is 2.65. The van der Waals surface area contributed by atoms with Crippen LogP contribution in [0.2, 0.25) is 0 Å². The van der Waals surface area contributed by atoms with E-state index in [4.69, 9.17) is 5.73 Å². The van der Waals surface area contributed by atoms with Crippen LogP contribution in [0.1, 0.15) is 30.0 Å². The topological polar surface area (TPSA) is 53.6 Å². The number of guanidine groups is 1. The van der Waals surface area contributed by atoms with Gasteiger partial charge in [0.05, 0.1) is 0 Å². The van der Waals surface area contributed by atoms with Gasteiger partial charge in [-0.2, -0.15) is 0 Å². The first kappa shape index (κ1) is 17.5. The Hall–Kier alpha value is -2.33. The Kier molecular flexibility index (Phi) is 6.07. The summed E-state index contributed by atoms with van der Waals surface area (Å²) >= 11 is 0. The standard InChI is InChI=1S/C21H28N4/c1-2-17-7-5-10-20(15-17)24-21(22)23-12-6-13-25-14-11-18-8-3-4-9-19(18)16-25/h3-5,7-10,15H,2,6,11-14,16H2,1H3,(H3,22,23,24). The summed E-state index contributed by atoms with van der Waals surface area (Å²) in [7, 11) is 0. The van der Waals surface area contributed by atoms with Crippen molar-refractivity contribution in [2.75, 3.05) is 25.0 Å². The maximum Gasteiger partial charge on any atom is 0.193 e. The molecular formula is C21H28N4. The van der Waals surface area contributed by atoms with Crippen molar-refractivity contribution in [1.29, 1.82) is 0 Å². The summed E-state index contributed by atoms with van der Waals surface area (Å²) in [5.74, 6) is 0.497. The minimum Gasteiger partial charge on any atom is -0.370 e. The van der Waals surface area contributed by atoms with Crippen molar-refractivity contribution in [3.05, 3.63) is 65.2 Å². The van der Waals surface area contributed by atoms with Gasteiger partial charge in [-0.25, -0.2) is 0 Å². The number of nitrogens with one attached hydrogen (secondary N) is 1. The van der Waals surface area contributed by atoms with Crippen LogP contribution in [0, 0.1) is 0 Å². The van der Waals surface area contributed by atoms with Gasteiger partial charge in [0.15, 0.2) is 5.96 Å². The summed E-state index contributed by atoms with van der Waals surface area (Å²) in [6, 6.07) is 17.1. The normalized spacial score (nSPS) is 15.0. The van der Waals surface area contributed by atoms with E-state index in [2.05, 4.69) is 58.5 Å². The Morgan fingerprint density at radius 2 is 2.00 bits per heavy atom. The third-order valence-corrected chi connectivity index (χ3v) is 4.73. The quantitative estimate of drug-likeness (QED) is 0.483. The van der Waals surface area contributed by atoms with Crippen LogP contribution in [0.3, 0.4) is 0 Å². The Morgan fingerprint density at radius 3 is 2.84 bits per heavy atom. The highest BCUT2D eigenvalue weighted by Gasteiger charge is 2.14. The Balaban J connectivity index is 1.42. The number of hydrogen-bond donors (Lipinski definition) is 2. The molecule has 2 aromatic carbocycles. The fourth-order valence-corrected chi connectivity index (χ4v) is 3.30. The molecular weight excluding hydrogens is 308 g/mol. The van der Waals surface area contributed by atoms with Crippen molar-refractivity contribution < 1.29 is 0 Å². The molecule has 0 radical (unpaired) electrons. The van der Waals surface area contributed by atoms with E-state index in [0.717, 1.165) is 51.1 Å². The maximum absolute atomic E-state index is 6.00. The summed E-state index contributed by atoms with van der Waals surface area (Å²) in [5, 5.41) is 3.18. The molecule has 0 aromatic heterocycles. The van der Waals surface area contributed by atoms with Gasteiger partial charge in [-0.15, -0.1) is 0 Å². The molecule has 0 spiro atoms. The molecule has 0 saturated carbocycles. The number of rotatable bonds is 6. The van der Waals surface area contributed by atoms with Crippen molar-refractivity contribution >= 4 is 11.6 Å². The van der Waals surface area contributed by atoms with Crippen molar-refractivity contribution in [2.24, 2.45) is 10.7 Å². The summed E-state index contributed by atoms with van der Waals surface area (Å²) in [5.41, 5.74) is 11.3. The molecule has 0 unspecified atom stereocenters. The van der Waals surface area contributed by atoms with E-state index in [9.17, 15) is 0 Å². The highest BCUT2D eigenvalue weighted by molar-refractivity contribution is 5.92. The molecule has 2 aromatic rings. The van der Waals surface area contributed by atoms with Crippen LogP contribution >= 0.6 is 0 Å². The lowest BCUT2D eigenvalue weighted by Crippen LogP contribution is -2.31. The number of nitrogens with two attached hydrogens (primary N) is 1. The molecule has 0 bridgehead atoms. The maximum atomic E-state index is 6.00. The van der Waals surface area contributed by atoms with Crippen LogP contribution in [0.15, 0.2) is 53.5 Å². The first-order valence-corrected chi connectivity index (χ1v) is 9.19. The molecule has 0 fully saturated rings. The SMILES string of the molecule is CCc1cccc(NC(N)=NCCCN2CCc3ccccc3C2)c1. The molecule has 0 atom stereocenters. The van der Waals surface area contributed by atoms with Crippen molar-refractivity contribution in [3.8, 4) is 0 Å². The van der Waals surface area contributed by atoms with Crippen LogP contribution in [0.4, 0.5) is 5.69 Å². The van der Waals surface area contributed by atoms with Gasteiger partial charge in [0.25, 0.3) is 0 Å². The fourth-order valence-electron chi connectivity index (χ4n) is 3.30. The van der Waals surface area contributed by atoms with E-state index in [0.29, 0.717) is 5.96 Å². The van der Waals surface area contributed by atoms with E-state index in [1.165, 1.54) is 16.7 Å². The summed E-state index contributed by atoms with van der Waals surface area (Å²) in [4.78, 5) is 6.97. The van der Waals surface area contributed by atoms with Gasteiger partial charge in [-0.1, -0.05) is 43.3 Å². The molecule has 0 saturated heterocycles. The summed E-state index contributed by atoms with van der Waals surface area (Å²) < 4.78 is 0. The minimum atomic E-state index is 0.497. The number of anilines is 1. The van der Waals surface area contributed by atoms with Gasteiger partial charge >= 0.3 is 0 Å². The molecule has 4 nitrogen and oxygen atoms in total. The zero-order valence-corrected chi connectivity index (χ0v) is 15.0. The second kappa shape index (κ2) is 8.67. The Labute approximate surface area is 150 Å². The van der Waals surface area contributed by atoms with E-state index in [1.807, 2.05) is 12.1 Å². The average molecular weight is 336 g/mol. The van der Waals surface area contributed by atoms with Gasteiger partial charge in [-0.05, 0) is 48.1 Å². The highest BCUT2D eigenvalue weighted by atomic mass is 15.1. The second-order valence-electron chi connectivity index (χ2n) is 6.59. The Morgan fingerprint density at radius 1 is 1.16 bits per heavy atom. The summed E-state index contributed by atoms with van der Waals surface area (Å²) in [6.45, 7) is 6.16. The smallest absolute Gasteiger partial charge is 0.193 e. The zero-order valence-electron chi connectivity index (χ0n) is 15.0. The number of benzene rings is 2. The number of hydrogen-bond acceptors (Lipinski definition) is 2. The summed E-state index contributed by atoms with van der Waals surface area (Å²) in [6.07, 6.45) is 3.20. The highest BCUT2D eigenvalue weighted by Crippen LogP contribution is 2.18. The first-order chi connectivity index (χ1) is 12.2. The third-order valence-electron chi connectivity index (χ3n) is 4.73. The molecule has 3 rings (SSSR count). The number of aliphatic imine (C=N–C) groups is 1. The van der Waals surface area contributed by atoms with Gasteiger partial charge in [0, 0.05) is 31.9 Å². The van der Waals surface area contributed by atoms with Crippen molar-refractivity contribution in [3.63, 3.8) is 0 Å². The van der Waals surface area contributed by atoms with Gasteiger partial charge in [0.2, 0.25) is 0 Å². The Bertz CT molecular complexity index is 723. The van der Waals surface area contributed by atoms with Crippen LogP contribution in [0.5, 0.6) is 0 Å². The number of nitrogens with zero attached hydrogens (tertiary/aromatic N) is 2. The van der Waals surface area contributed by atoms with Crippen molar-refractivity contribution in [2.45, 2.75) is 32.7 Å². The molecule has 1 aliphatic heterocycles. The minimum absolute atomic E-state index is 0.497. The largest absolute Gasteiger partial charge is 0.370 e. The van der Waals surface area contributed by atoms with Crippen LogP contribution < -0.4 is 11.1 Å². The van der Waals surface area contributed by atoms with Crippen LogP contribution in [0.25, 0.3) is 0 Å². The second-order valence-corrected chi connectivity index (χ2v) is 6.59. The van der Waals surface area contributed by atoms with E-state index >= 15 is 0 Å². The molecule has 25 heavy (non-hydrogen) atoms. The number of aryl methyl sites for hydroxylation is 1. The molecule has 1 heterocycles. The molecule has 0 amide bonds. The molecule has 3 N–H and O–H groups in total. The zero-order chi connectivity index (χ0) is 17.5. The van der Waals surface area contributed by atoms with E-state index < -0.39 is 0 Å². The molecule has 0 aliphatic carbocycles. The predicted molar refractivity (Wildman–Crippen MR) is 106 cm³/mol. The van der Waals surface area contributed by atoms with E-state index in [1.54, 1.807) is 0 Å². The van der Waals surface area contributed by atoms with Crippen LogP contribution in [-0.4, -0.2) is 30.5 Å². The van der Waals surface area contributed by atoms with Crippen LogP contribution in [-0.2, 0) is 19.4 Å². The van der Waals surface area contributed by atoms with Gasteiger partial charge < -0.3 is 11.1 Å². The van der Waals surface area contributed by atoms with E-state index in [-0.39, 0.29) is 0 Å². The van der Waals surface area contributed by atoms with Gasteiger partial charge in [-0.3, -0.25) is 9.89 Å². The van der Waals surface area contributed by atoms with Gasteiger partial charge in [0.1, 0.15) is 0 Å². The van der Waals surface area contributed by atoms with Crippen molar-refractivity contribution in [1.82, 2.24) is 4.90 Å². The lowest BCUT2D eigenvalue weighted by atomic mass is 10.00. The predicted octanol–water partition coefficient (Wildman–Crippen LogP) is 3.42. The molecule has 4 heteroatoms.